The van der Waals surface area contributed by atoms with E-state index in [4.69, 9.17) is 0 Å². The average Bonchev–Trinajstić information content (AvgIpc) is 2.18. The van der Waals surface area contributed by atoms with E-state index in [9.17, 15) is 0 Å². The van der Waals surface area contributed by atoms with E-state index >= 15 is 0 Å². The number of hydrogen-bond acceptors (Lipinski definition) is 1. The van der Waals surface area contributed by atoms with Crippen LogP contribution in [0, 0.1) is 6.07 Å². The molecule has 2 rings (SSSR count). The Hall–Kier alpha value is -1.34. The molecule has 2 aromatic carbocycles. The van der Waals surface area contributed by atoms with E-state index in [1.165, 1.54) is 16.3 Å². The first-order valence-corrected chi connectivity index (χ1v) is 4.80. The average molecular weight is 184 g/mol. The van der Waals surface area contributed by atoms with E-state index in [0.717, 1.165) is 6.54 Å². The minimum atomic E-state index is 0.981. The summed E-state index contributed by atoms with van der Waals surface area (Å²) >= 11 is 0. The Morgan fingerprint density at radius 3 is 2.79 bits per heavy atom. The summed E-state index contributed by atoms with van der Waals surface area (Å²) in [6, 6.07) is 15.8. The Morgan fingerprint density at radius 2 is 2.00 bits per heavy atom. The van der Waals surface area contributed by atoms with Crippen LogP contribution < -0.4 is 0 Å². The van der Waals surface area contributed by atoms with Crippen molar-refractivity contribution in [3.05, 3.63) is 48.0 Å². The zero-order valence-corrected chi connectivity index (χ0v) is 8.62. The highest BCUT2D eigenvalue weighted by Crippen LogP contribution is 2.18. The zero-order chi connectivity index (χ0) is 9.97. The van der Waals surface area contributed by atoms with E-state index in [2.05, 4.69) is 49.3 Å². The molecule has 0 heterocycles. The Labute approximate surface area is 85.0 Å². The van der Waals surface area contributed by atoms with Crippen LogP contribution >= 0.6 is 0 Å². The van der Waals surface area contributed by atoms with E-state index in [1.54, 1.807) is 0 Å². The maximum atomic E-state index is 3.25. The van der Waals surface area contributed by atoms with E-state index in [0.29, 0.717) is 0 Å². The highest BCUT2D eigenvalue weighted by Gasteiger charge is 2.00. The van der Waals surface area contributed by atoms with E-state index < -0.39 is 0 Å². The quantitative estimate of drug-likeness (QED) is 0.693. The Bertz CT molecular complexity index is 427. The van der Waals surface area contributed by atoms with Gasteiger partial charge in [0.25, 0.3) is 0 Å². The maximum absolute atomic E-state index is 3.25. The number of hydrogen-bond donors (Lipinski definition) is 0. The van der Waals surface area contributed by atoms with Gasteiger partial charge in [0, 0.05) is 6.54 Å². The minimum absolute atomic E-state index is 0.981. The molecule has 0 aliphatic rings. The topological polar surface area (TPSA) is 3.24 Å². The van der Waals surface area contributed by atoms with Crippen molar-refractivity contribution in [3.8, 4) is 0 Å². The maximum Gasteiger partial charge on any atom is 0.0233 e. The molecule has 2 aromatic rings. The van der Waals surface area contributed by atoms with Crippen LogP contribution in [0.4, 0.5) is 0 Å². The predicted octanol–water partition coefficient (Wildman–Crippen LogP) is 2.70. The molecule has 0 N–H and O–H groups in total. The number of nitrogens with zero attached hydrogens (tertiary/aromatic N) is 1. The van der Waals surface area contributed by atoms with Gasteiger partial charge in [-0.2, -0.15) is 0 Å². The van der Waals surface area contributed by atoms with Crippen LogP contribution in [-0.4, -0.2) is 19.0 Å². The van der Waals surface area contributed by atoms with Gasteiger partial charge in [-0.1, -0.05) is 36.4 Å². The molecular formula is C13H14N. The summed E-state index contributed by atoms with van der Waals surface area (Å²) in [6.45, 7) is 0.981. The molecule has 0 fully saturated rings. The van der Waals surface area contributed by atoms with E-state index in [1.807, 2.05) is 12.1 Å². The Morgan fingerprint density at radius 1 is 1.14 bits per heavy atom. The molecule has 14 heavy (non-hydrogen) atoms. The molecule has 0 bridgehead atoms. The highest BCUT2D eigenvalue weighted by molar-refractivity contribution is 5.85. The van der Waals surface area contributed by atoms with Crippen LogP contribution in [0.25, 0.3) is 10.8 Å². The molecule has 0 atom stereocenters. The zero-order valence-electron chi connectivity index (χ0n) is 8.62. The second-order valence-corrected chi connectivity index (χ2v) is 3.79. The summed E-state index contributed by atoms with van der Waals surface area (Å²) < 4.78 is 0. The van der Waals surface area contributed by atoms with Gasteiger partial charge < -0.3 is 4.90 Å². The lowest BCUT2D eigenvalue weighted by Gasteiger charge is -2.11. The first-order valence-electron chi connectivity index (χ1n) is 4.80. The van der Waals surface area contributed by atoms with Gasteiger partial charge in [-0.15, -0.1) is 0 Å². The third kappa shape index (κ3) is 1.78. The minimum Gasteiger partial charge on any atom is -0.305 e. The molecule has 1 nitrogen and oxygen atoms in total. The first kappa shape index (κ1) is 9.22. The first-order chi connectivity index (χ1) is 6.77. The fourth-order valence-electron chi connectivity index (χ4n) is 1.70. The predicted molar refractivity (Wildman–Crippen MR) is 60.2 cm³/mol. The normalized spacial score (nSPS) is 11.1. The van der Waals surface area contributed by atoms with Crippen LogP contribution in [0.15, 0.2) is 36.4 Å². The van der Waals surface area contributed by atoms with Crippen LogP contribution in [0.5, 0.6) is 0 Å². The largest absolute Gasteiger partial charge is 0.305 e. The second kappa shape index (κ2) is 3.81. The summed E-state index contributed by atoms with van der Waals surface area (Å²) in [4.78, 5) is 2.18. The van der Waals surface area contributed by atoms with Gasteiger partial charge in [-0.3, -0.25) is 0 Å². The summed E-state index contributed by atoms with van der Waals surface area (Å²) in [5.41, 5.74) is 1.37. The molecule has 0 aliphatic carbocycles. The van der Waals surface area contributed by atoms with Gasteiger partial charge in [-0.05, 0) is 36.5 Å². The summed E-state index contributed by atoms with van der Waals surface area (Å²) in [5.74, 6) is 0. The molecule has 0 saturated carbocycles. The second-order valence-electron chi connectivity index (χ2n) is 3.79. The standard InChI is InChI=1S/C13H14N/c1-14(2)10-12-8-5-7-11-6-3-4-9-13(11)12/h3-5,7-9H,10H2,1-2H3. The van der Waals surface area contributed by atoms with Crippen LogP contribution in [0.2, 0.25) is 0 Å². The van der Waals surface area contributed by atoms with Gasteiger partial charge in [0.1, 0.15) is 0 Å². The molecular weight excluding hydrogens is 170 g/mol. The van der Waals surface area contributed by atoms with Crippen molar-refractivity contribution >= 4 is 10.8 Å². The smallest absolute Gasteiger partial charge is 0.0233 e. The van der Waals surface area contributed by atoms with Crippen molar-refractivity contribution in [3.63, 3.8) is 0 Å². The lowest BCUT2D eigenvalue weighted by Crippen LogP contribution is -2.10. The SMILES string of the molecule is CN(C)Cc1cccc2[c]cccc12. The molecule has 0 aromatic heterocycles. The van der Waals surface area contributed by atoms with Crippen molar-refractivity contribution in [2.45, 2.75) is 6.54 Å². The van der Waals surface area contributed by atoms with Crippen molar-refractivity contribution in [1.29, 1.82) is 0 Å². The van der Waals surface area contributed by atoms with E-state index in [-0.39, 0.29) is 0 Å². The Kier molecular flexibility index (Phi) is 2.51. The highest BCUT2D eigenvalue weighted by atomic mass is 15.0. The molecule has 0 unspecified atom stereocenters. The monoisotopic (exact) mass is 184 g/mol. The number of rotatable bonds is 2. The van der Waals surface area contributed by atoms with Crippen LogP contribution in [-0.2, 0) is 6.54 Å². The van der Waals surface area contributed by atoms with Crippen LogP contribution in [0.3, 0.4) is 0 Å². The molecule has 0 amide bonds. The summed E-state index contributed by atoms with van der Waals surface area (Å²) in [6.07, 6.45) is 0. The van der Waals surface area contributed by atoms with Gasteiger partial charge >= 0.3 is 0 Å². The Balaban J connectivity index is 2.53. The molecule has 71 valence electrons. The van der Waals surface area contributed by atoms with Crippen LogP contribution in [0.1, 0.15) is 5.56 Å². The number of benzene rings is 2. The fraction of sp³-hybridized carbons (Fsp3) is 0.231. The fourth-order valence-corrected chi connectivity index (χ4v) is 1.70. The third-order valence-electron chi connectivity index (χ3n) is 2.28. The molecule has 0 spiro atoms. The molecule has 1 heteroatoms. The lowest BCUT2D eigenvalue weighted by molar-refractivity contribution is 0.404. The van der Waals surface area contributed by atoms with Gasteiger partial charge in [-0.25, -0.2) is 0 Å². The molecule has 1 radical (unpaired) electrons. The number of fused-ring (bicyclic) bond motifs is 1. The van der Waals surface area contributed by atoms with Gasteiger partial charge in [0.05, 0.1) is 0 Å². The van der Waals surface area contributed by atoms with Gasteiger partial charge in [0.15, 0.2) is 0 Å². The molecule has 0 saturated heterocycles. The summed E-state index contributed by atoms with van der Waals surface area (Å²) in [5, 5.41) is 2.51. The molecule has 0 aliphatic heterocycles. The lowest BCUT2D eigenvalue weighted by atomic mass is 10.0. The van der Waals surface area contributed by atoms with Crippen molar-refractivity contribution in [2.24, 2.45) is 0 Å². The van der Waals surface area contributed by atoms with Crippen molar-refractivity contribution < 1.29 is 0 Å². The van der Waals surface area contributed by atoms with Crippen molar-refractivity contribution in [1.82, 2.24) is 4.90 Å². The van der Waals surface area contributed by atoms with Gasteiger partial charge in [0.2, 0.25) is 0 Å². The summed E-state index contributed by atoms with van der Waals surface area (Å²) in [7, 11) is 4.18. The third-order valence-corrected chi connectivity index (χ3v) is 2.28. The van der Waals surface area contributed by atoms with Crippen molar-refractivity contribution in [2.75, 3.05) is 14.1 Å².